The highest BCUT2D eigenvalue weighted by Crippen LogP contribution is 2.19. The van der Waals surface area contributed by atoms with Crippen LogP contribution in [0, 0.1) is 0 Å². The van der Waals surface area contributed by atoms with E-state index in [0.29, 0.717) is 30.7 Å². The summed E-state index contributed by atoms with van der Waals surface area (Å²) in [5.74, 6) is 7.26. The summed E-state index contributed by atoms with van der Waals surface area (Å²) >= 11 is 0. The first-order valence-electron chi connectivity index (χ1n) is 6.81. The molecule has 7 heteroatoms. The van der Waals surface area contributed by atoms with Crippen molar-refractivity contribution in [3.63, 3.8) is 0 Å². The maximum atomic E-state index is 5.44. The first kappa shape index (κ1) is 15.1. The molecular formula is C14H20N6O. The molecule has 0 aromatic carbocycles. The number of rotatable bonds is 7. The fourth-order valence-corrected chi connectivity index (χ4v) is 1.86. The van der Waals surface area contributed by atoms with Gasteiger partial charge in [-0.05, 0) is 31.5 Å². The van der Waals surface area contributed by atoms with E-state index in [9.17, 15) is 0 Å². The van der Waals surface area contributed by atoms with Crippen molar-refractivity contribution in [1.82, 2.24) is 15.0 Å². The Morgan fingerprint density at radius 3 is 2.62 bits per heavy atom. The third-order valence-corrected chi connectivity index (χ3v) is 2.93. The van der Waals surface area contributed by atoms with Crippen molar-refractivity contribution in [1.29, 1.82) is 0 Å². The van der Waals surface area contributed by atoms with Gasteiger partial charge in [0.15, 0.2) is 5.82 Å². The lowest BCUT2D eigenvalue weighted by Crippen LogP contribution is -2.14. The zero-order valence-electron chi connectivity index (χ0n) is 12.2. The molecule has 0 bridgehead atoms. The number of nitrogens with one attached hydrogen (secondary N) is 2. The summed E-state index contributed by atoms with van der Waals surface area (Å²) in [7, 11) is 0. The van der Waals surface area contributed by atoms with Crippen molar-refractivity contribution in [2.75, 3.05) is 17.3 Å². The van der Waals surface area contributed by atoms with Gasteiger partial charge in [0.2, 0.25) is 0 Å². The molecule has 2 aromatic heterocycles. The fourth-order valence-electron chi connectivity index (χ4n) is 1.86. The number of nitrogen functional groups attached to an aromatic ring is 1. The van der Waals surface area contributed by atoms with Gasteiger partial charge in [0.1, 0.15) is 18.2 Å². The molecule has 0 radical (unpaired) electrons. The average molecular weight is 288 g/mol. The van der Waals surface area contributed by atoms with Crippen molar-refractivity contribution in [2.24, 2.45) is 5.84 Å². The lowest BCUT2D eigenvalue weighted by molar-refractivity contribution is 0.128. The Bertz CT molecular complexity index is 563. The summed E-state index contributed by atoms with van der Waals surface area (Å²) in [6.45, 7) is 4.94. The minimum atomic E-state index is 0.0912. The van der Waals surface area contributed by atoms with E-state index >= 15 is 0 Å². The number of hydrogen-bond donors (Lipinski definition) is 3. The Labute approximate surface area is 123 Å². The molecule has 0 amide bonds. The molecule has 0 saturated heterocycles. The summed E-state index contributed by atoms with van der Waals surface area (Å²) < 4.78 is 5.33. The molecule has 0 aliphatic heterocycles. The molecule has 21 heavy (non-hydrogen) atoms. The number of nitrogens with zero attached hydrogens (tertiary/aromatic N) is 3. The van der Waals surface area contributed by atoms with Crippen LogP contribution in [0.25, 0.3) is 0 Å². The Hall–Kier alpha value is -2.25. The second-order valence-electron chi connectivity index (χ2n) is 4.48. The monoisotopic (exact) mass is 288 g/mol. The van der Waals surface area contributed by atoms with Crippen LogP contribution < -0.4 is 16.6 Å². The van der Waals surface area contributed by atoms with Gasteiger partial charge < -0.3 is 15.5 Å². The minimum absolute atomic E-state index is 0.0912. The number of nitrogens with two attached hydrogens (primary N) is 1. The largest absolute Gasteiger partial charge is 0.374 e. The van der Waals surface area contributed by atoms with Crippen molar-refractivity contribution in [2.45, 2.75) is 26.5 Å². The van der Waals surface area contributed by atoms with E-state index in [0.717, 1.165) is 5.56 Å². The molecule has 1 atom stereocenters. The van der Waals surface area contributed by atoms with E-state index in [1.165, 1.54) is 0 Å². The van der Waals surface area contributed by atoms with Gasteiger partial charge in [-0.2, -0.15) is 0 Å². The summed E-state index contributed by atoms with van der Waals surface area (Å²) in [6, 6.07) is 5.77. The Balaban J connectivity index is 2.14. The van der Waals surface area contributed by atoms with E-state index in [1.54, 1.807) is 18.5 Å². The van der Waals surface area contributed by atoms with Gasteiger partial charge in [-0.1, -0.05) is 0 Å². The highest BCUT2D eigenvalue weighted by atomic mass is 16.5. The van der Waals surface area contributed by atoms with Crippen molar-refractivity contribution in [3.8, 4) is 0 Å². The van der Waals surface area contributed by atoms with Gasteiger partial charge in [-0.15, -0.1) is 0 Å². The van der Waals surface area contributed by atoms with Gasteiger partial charge >= 0.3 is 0 Å². The standard InChI is InChI=1S/C14H20N6O/c1-3-21-9-14-18-12(8-13(19-14)20-15)17-10(2)11-4-6-16-7-5-11/h4-8,10H,3,9,15H2,1-2H3,(H2,17,18,19,20). The molecule has 0 fully saturated rings. The van der Waals surface area contributed by atoms with E-state index < -0.39 is 0 Å². The van der Waals surface area contributed by atoms with Crippen LogP contribution in [0.1, 0.15) is 31.3 Å². The van der Waals surface area contributed by atoms with Crippen LogP contribution in [0.2, 0.25) is 0 Å². The quantitative estimate of drug-likeness (QED) is 0.528. The summed E-state index contributed by atoms with van der Waals surface area (Å²) in [5.41, 5.74) is 3.66. The van der Waals surface area contributed by atoms with Gasteiger partial charge in [0.25, 0.3) is 0 Å². The van der Waals surface area contributed by atoms with E-state index in [4.69, 9.17) is 10.6 Å². The lowest BCUT2D eigenvalue weighted by Gasteiger charge is -2.16. The van der Waals surface area contributed by atoms with Gasteiger partial charge in [0.05, 0.1) is 6.04 Å². The summed E-state index contributed by atoms with van der Waals surface area (Å²) in [6.07, 6.45) is 3.53. The van der Waals surface area contributed by atoms with Crippen LogP contribution >= 0.6 is 0 Å². The number of pyridine rings is 1. The second-order valence-corrected chi connectivity index (χ2v) is 4.48. The predicted octanol–water partition coefficient (Wildman–Crippen LogP) is 1.87. The zero-order chi connectivity index (χ0) is 15.1. The van der Waals surface area contributed by atoms with Crippen LogP contribution in [0.15, 0.2) is 30.6 Å². The van der Waals surface area contributed by atoms with Gasteiger partial charge in [-0.3, -0.25) is 4.98 Å². The molecule has 0 aliphatic carbocycles. The number of aromatic nitrogens is 3. The number of hydrogen-bond acceptors (Lipinski definition) is 7. The third kappa shape index (κ3) is 4.37. The molecular weight excluding hydrogens is 268 g/mol. The number of ether oxygens (including phenoxy) is 1. The third-order valence-electron chi connectivity index (χ3n) is 2.93. The maximum Gasteiger partial charge on any atom is 0.158 e. The number of hydrazine groups is 1. The summed E-state index contributed by atoms with van der Waals surface area (Å²) in [5, 5.41) is 3.32. The smallest absolute Gasteiger partial charge is 0.158 e. The van der Waals surface area contributed by atoms with Crippen molar-refractivity contribution in [3.05, 3.63) is 42.0 Å². The topological polar surface area (TPSA) is 98.0 Å². The normalized spacial score (nSPS) is 12.0. The molecule has 2 aromatic rings. The summed E-state index contributed by atoms with van der Waals surface area (Å²) in [4.78, 5) is 12.7. The molecule has 112 valence electrons. The predicted molar refractivity (Wildman–Crippen MR) is 81.4 cm³/mol. The van der Waals surface area contributed by atoms with E-state index in [1.807, 2.05) is 19.1 Å². The minimum Gasteiger partial charge on any atom is -0.374 e. The highest BCUT2D eigenvalue weighted by molar-refractivity contribution is 5.48. The first-order chi connectivity index (χ1) is 10.2. The molecule has 0 saturated carbocycles. The molecule has 2 heterocycles. The zero-order valence-corrected chi connectivity index (χ0v) is 12.2. The molecule has 2 rings (SSSR count). The van der Waals surface area contributed by atoms with E-state index in [-0.39, 0.29) is 6.04 Å². The van der Waals surface area contributed by atoms with Crippen LogP contribution in [0.3, 0.4) is 0 Å². The number of anilines is 2. The fraction of sp³-hybridized carbons (Fsp3) is 0.357. The Morgan fingerprint density at radius 2 is 1.95 bits per heavy atom. The average Bonchev–Trinajstić information content (AvgIpc) is 2.53. The molecule has 0 spiro atoms. The van der Waals surface area contributed by atoms with Gasteiger partial charge in [0, 0.05) is 25.1 Å². The van der Waals surface area contributed by atoms with Crippen LogP contribution in [0.4, 0.5) is 11.6 Å². The van der Waals surface area contributed by atoms with Crippen molar-refractivity contribution < 1.29 is 4.74 Å². The highest BCUT2D eigenvalue weighted by Gasteiger charge is 2.09. The van der Waals surface area contributed by atoms with Crippen LogP contribution in [-0.4, -0.2) is 21.6 Å². The van der Waals surface area contributed by atoms with E-state index in [2.05, 4.69) is 32.6 Å². The first-order valence-corrected chi connectivity index (χ1v) is 6.81. The molecule has 7 nitrogen and oxygen atoms in total. The molecule has 0 aliphatic rings. The Morgan fingerprint density at radius 1 is 1.24 bits per heavy atom. The van der Waals surface area contributed by atoms with Gasteiger partial charge in [-0.25, -0.2) is 15.8 Å². The molecule has 1 unspecified atom stereocenters. The SMILES string of the molecule is CCOCc1nc(NN)cc(NC(C)c2ccncc2)n1. The second kappa shape index (κ2) is 7.51. The van der Waals surface area contributed by atoms with Crippen LogP contribution in [0.5, 0.6) is 0 Å². The van der Waals surface area contributed by atoms with Crippen molar-refractivity contribution >= 4 is 11.6 Å². The molecule has 4 N–H and O–H groups in total. The Kier molecular flexibility index (Phi) is 5.42. The maximum absolute atomic E-state index is 5.44. The lowest BCUT2D eigenvalue weighted by atomic mass is 10.1. The van der Waals surface area contributed by atoms with Crippen LogP contribution in [-0.2, 0) is 11.3 Å².